The van der Waals surface area contributed by atoms with E-state index in [9.17, 15) is 9.59 Å². The van der Waals surface area contributed by atoms with Crippen LogP contribution < -0.4 is 10.6 Å². The molecule has 0 saturated carbocycles. The van der Waals surface area contributed by atoms with Gasteiger partial charge in [-0.1, -0.05) is 66.7 Å². The first-order chi connectivity index (χ1) is 13.5. The van der Waals surface area contributed by atoms with Crippen molar-refractivity contribution in [3.05, 3.63) is 101 Å². The van der Waals surface area contributed by atoms with Crippen LogP contribution in [0.5, 0.6) is 0 Å². The summed E-state index contributed by atoms with van der Waals surface area (Å²) in [6.07, 6.45) is 0. The molecule has 0 aliphatic heterocycles. The quantitative estimate of drug-likeness (QED) is 0.684. The van der Waals surface area contributed by atoms with Crippen LogP contribution in [-0.4, -0.2) is 16.8 Å². The van der Waals surface area contributed by atoms with E-state index in [1.165, 1.54) is 0 Å². The average molecular weight is 373 g/mol. The molecular formula is C23H23N3O2. The number of nitrogens with zero attached hydrogens (tertiary/aromatic N) is 1. The first-order valence-corrected chi connectivity index (χ1v) is 9.23. The first kappa shape index (κ1) is 19.3. The van der Waals surface area contributed by atoms with Crippen LogP contribution in [0.3, 0.4) is 0 Å². The minimum absolute atomic E-state index is 0.161. The summed E-state index contributed by atoms with van der Waals surface area (Å²) < 4.78 is 0. The van der Waals surface area contributed by atoms with Gasteiger partial charge in [0.15, 0.2) is 0 Å². The monoisotopic (exact) mass is 373 g/mol. The molecule has 142 valence electrons. The molecule has 0 radical (unpaired) electrons. The van der Waals surface area contributed by atoms with Gasteiger partial charge in [0.25, 0.3) is 11.8 Å². The lowest BCUT2D eigenvalue weighted by molar-refractivity contribution is 0.0930. The van der Waals surface area contributed by atoms with Gasteiger partial charge in [-0.2, -0.15) is 0 Å². The number of rotatable bonds is 6. The maximum atomic E-state index is 12.5. The van der Waals surface area contributed by atoms with Crippen molar-refractivity contribution < 1.29 is 9.59 Å². The largest absolute Gasteiger partial charge is 0.344 e. The summed E-state index contributed by atoms with van der Waals surface area (Å²) >= 11 is 0. The van der Waals surface area contributed by atoms with Gasteiger partial charge in [-0.3, -0.25) is 9.59 Å². The number of hydrogen-bond acceptors (Lipinski definition) is 3. The lowest BCUT2D eigenvalue weighted by atomic mass is 10.1. The molecule has 0 bridgehead atoms. The van der Waals surface area contributed by atoms with Crippen LogP contribution in [-0.2, 0) is 0 Å². The molecule has 28 heavy (non-hydrogen) atoms. The number of aromatic nitrogens is 1. The summed E-state index contributed by atoms with van der Waals surface area (Å²) in [5.41, 5.74) is 2.42. The zero-order chi connectivity index (χ0) is 19.9. The molecule has 3 rings (SSSR count). The number of pyridine rings is 1. The second-order valence-electron chi connectivity index (χ2n) is 6.62. The van der Waals surface area contributed by atoms with E-state index in [1.807, 2.05) is 74.5 Å². The SMILES string of the molecule is C[C@H](NC(=O)c1cccc(C(=O)N[C@@H](C)c2ccccc2)n1)c1ccccc1. The van der Waals surface area contributed by atoms with Crippen molar-refractivity contribution in [2.45, 2.75) is 25.9 Å². The molecule has 2 N–H and O–H groups in total. The van der Waals surface area contributed by atoms with Crippen molar-refractivity contribution in [3.63, 3.8) is 0 Å². The number of amides is 2. The third-order valence-corrected chi connectivity index (χ3v) is 4.51. The molecule has 1 heterocycles. The molecule has 2 atom stereocenters. The summed E-state index contributed by atoms with van der Waals surface area (Å²) in [4.78, 5) is 29.3. The summed E-state index contributed by atoms with van der Waals surface area (Å²) in [6.45, 7) is 3.82. The van der Waals surface area contributed by atoms with Gasteiger partial charge >= 0.3 is 0 Å². The summed E-state index contributed by atoms with van der Waals surface area (Å²) in [7, 11) is 0. The van der Waals surface area contributed by atoms with Gasteiger partial charge in [0.1, 0.15) is 11.4 Å². The summed E-state index contributed by atoms with van der Waals surface area (Å²) in [5.74, 6) is -0.635. The maximum Gasteiger partial charge on any atom is 0.270 e. The van der Waals surface area contributed by atoms with Gasteiger partial charge in [0.05, 0.1) is 12.1 Å². The predicted octanol–water partition coefficient (Wildman–Crippen LogP) is 4.06. The van der Waals surface area contributed by atoms with Crippen molar-refractivity contribution in [1.29, 1.82) is 0 Å². The molecule has 0 unspecified atom stereocenters. The fourth-order valence-electron chi connectivity index (χ4n) is 2.88. The number of benzene rings is 2. The molecule has 5 heteroatoms. The maximum absolute atomic E-state index is 12.5. The molecule has 0 aliphatic carbocycles. The van der Waals surface area contributed by atoms with Crippen molar-refractivity contribution in [2.24, 2.45) is 0 Å². The first-order valence-electron chi connectivity index (χ1n) is 9.23. The Balaban J connectivity index is 1.67. The van der Waals surface area contributed by atoms with E-state index in [0.717, 1.165) is 11.1 Å². The number of carbonyl (C=O) groups is 2. The summed E-state index contributed by atoms with van der Waals surface area (Å²) in [6, 6.07) is 23.9. The highest BCUT2D eigenvalue weighted by molar-refractivity contribution is 5.96. The highest BCUT2D eigenvalue weighted by Gasteiger charge is 2.16. The van der Waals surface area contributed by atoms with Crippen LogP contribution in [0.15, 0.2) is 78.9 Å². The number of carbonyl (C=O) groups excluding carboxylic acids is 2. The van der Waals surface area contributed by atoms with E-state index < -0.39 is 0 Å². The molecule has 3 aromatic rings. The van der Waals surface area contributed by atoms with E-state index in [-0.39, 0.29) is 35.3 Å². The zero-order valence-corrected chi connectivity index (χ0v) is 15.9. The van der Waals surface area contributed by atoms with Crippen LogP contribution in [0.4, 0.5) is 0 Å². The van der Waals surface area contributed by atoms with E-state index in [1.54, 1.807) is 18.2 Å². The minimum atomic E-state index is -0.317. The van der Waals surface area contributed by atoms with E-state index in [0.29, 0.717) is 0 Å². The Labute approximate surface area is 164 Å². The van der Waals surface area contributed by atoms with Gasteiger partial charge in [-0.05, 0) is 37.1 Å². The van der Waals surface area contributed by atoms with Crippen LogP contribution in [0.2, 0.25) is 0 Å². The third-order valence-electron chi connectivity index (χ3n) is 4.51. The minimum Gasteiger partial charge on any atom is -0.344 e. The Bertz CT molecular complexity index is 868. The standard InChI is InChI=1S/C23H23N3O2/c1-16(18-10-5-3-6-11-18)24-22(27)20-14-9-15-21(26-20)23(28)25-17(2)19-12-7-4-8-13-19/h3-17H,1-2H3,(H,24,27)(H,25,28)/t16-,17-/m0/s1. The smallest absolute Gasteiger partial charge is 0.270 e. The lowest BCUT2D eigenvalue weighted by Crippen LogP contribution is -2.30. The molecule has 0 aliphatic rings. The van der Waals surface area contributed by atoms with E-state index >= 15 is 0 Å². The van der Waals surface area contributed by atoms with Crippen LogP contribution in [0.25, 0.3) is 0 Å². The van der Waals surface area contributed by atoms with Gasteiger partial charge in [-0.15, -0.1) is 0 Å². The van der Waals surface area contributed by atoms with Gasteiger partial charge in [0.2, 0.25) is 0 Å². The molecule has 1 aromatic heterocycles. The van der Waals surface area contributed by atoms with Gasteiger partial charge in [-0.25, -0.2) is 4.98 Å². The lowest BCUT2D eigenvalue weighted by Gasteiger charge is -2.15. The normalized spacial score (nSPS) is 12.6. The Morgan fingerprint density at radius 1 is 0.643 bits per heavy atom. The second-order valence-corrected chi connectivity index (χ2v) is 6.62. The predicted molar refractivity (Wildman–Crippen MR) is 109 cm³/mol. The van der Waals surface area contributed by atoms with Gasteiger partial charge < -0.3 is 10.6 Å². The molecule has 2 aromatic carbocycles. The Morgan fingerprint density at radius 2 is 1.04 bits per heavy atom. The number of hydrogen-bond donors (Lipinski definition) is 2. The van der Waals surface area contributed by atoms with Crippen molar-refractivity contribution in [3.8, 4) is 0 Å². The Hall–Kier alpha value is -3.47. The highest BCUT2D eigenvalue weighted by atomic mass is 16.2. The molecule has 0 saturated heterocycles. The molecule has 0 fully saturated rings. The fraction of sp³-hybridized carbons (Fsp3) is 0.174. The Morgan fingerprint density at radius 3 is 1.43 bits per heavy atom. The second kappa shape index (κ2) is 8.95. The van der Waals surface area contributed by atoms with Gasteiger partial charge in [0, 0.05) is 0 Å². The molecule has 5 nitrogen and oxygen atoms in total. The van der Waals surface area contributed by atoms with Crippen molar-refractivity contribution >= 4 is 11.8 Å². The topological polar surface area (TPSA) is 71.1 Å². The third kappa shape index (κ3) is 4.82. The summed E-state index contributed by atoms with van der Waals surface area (Å²) in [5, 5.41) is 5.82. The molecular weight excluding hydrogens is 350 g/mol. The van der Waals surface area contributed by atoms with Crippen LogP contribution >= 0.6 is 0 Å². The average Bonchev–Trinajstić information content (AvgIpc) is 2.75. The highest BCUT2D eigenvalue weighted by Crippen LogP contribution is 2.14. The zero-order valence-electron chi connectivity index (χ0n) is 15.9. The van der Waals surface area contributed by atoms with Crippen molar-refractivity contribution in [1.82, 2.24) is 15.6 Å². The molecule has 0 spiro atoms. The van der Waals surface area contributed by atoms with E-state index in [4.69, 9.17) is 0 Å². The van der Waals surface area contributed by atoms with E-state index in [2.05, 4.69) is 15.6 Å². The van der Waals surface area contributed by atoms with Crippen LogP contribution in [0.1, 0.15) is 58.0 Å². The molecule has 2 amide bonds. The van der Waals surface area contributed by atoms with Crippen molar-refractivity contribution in [2.75, 3.05) is 0 Å². The Kier molecular flexibility index (Phi) is 6.17. The van der Waals surface area contributed by atoms with Crippen LogP contribution in [0, 0.1) is 0 Å². The number of nitrogens with one attached hydrogen (secondary N) is 2. The fourth-order valence-corrected chi connectivity index (χ4v) is 2.88.